The van der Waals surface area contributed by atoms with Crippen molar-refractivity contribution in [3.63, 3.8) is 0 Å². The number of nitrogens with zero attached hydrogens (tertiary/aromatic N) is 1. The van der Waals surface area contributed by atoms with Gasteiger partial charge < -0.3 is 10.6 Å². The summed E-state index contributed by atoms with van der Waals surface area (Å²) in [6.45, 7) is 3.82. The Morgan fingerprint density at radius 3 is 2.81 bits per heavy atom. The molecule has 0 aliphatic carbocycles. The predicted octanol–water partition coefficient (Wildman–Crippen LogP) is 2.38. The van der Waals surface area contributed by atoms with E-state index in [1.807, 2.05) is 13.1 Å². The first kappa shape index (κ1) is 13.1. The summed E-state index contributed by atoms with van der Waals surface area (Å²) in [5, 5.41) is 0. The van der Waals surface area contributed by atoms with Gasteiger partial charge in [0.1, 0.15) is 5.82 Å². The fourth-order valence-corrected chi connectivity index (χ4v) is 1.62. The molecule has 0 aliphatic heterocycles. The van der Waals surface area contributed by atoms with Crippen LogP contribution < -0.4 is 5.73 Å². The molecular formula is C13H21FN2. The van der Waals surface area contributed by atoms with Gasteiger partial charge >= 0.3 is 0 Å². The number of halogens is 1. The van der Waals surface area contributed by atoms with Crippen LogP contribution in [0.2, 0.25) is 0 Å². The van der Waals surface area contributed by atoms with Gasteiger partial charge in [0.15, 0.2) is 0 Å². The lowest BCUT2D eigenvalue weighted by Gasteiger charge is -2.18. The summed E-state index contributed by atoms with van der Waals surface area (Å²) in [5.41, 5.74) is 6.86. The molecule has 1 aromatic carbocycles. The Balaban J connectivity index is 2.36. The Kier molecular flexibility index (Phi) is 5.43. The van der Waals surface area contributed by atoms with Gasteiger partial charge in [0.25, 0.3) is 0 Å². The number of nitrogens with two attached hydrogens (primary N) is 1. The molecule has 3 heteroatoms. The monoisotopic (exact) mass is 224 g/mol. The van der Waals surface area contributed by atoms with Crippen LogP contribution >= 0.6 is 0 Å². The average molecular weight is 224 g/mol. The molecule has 0 bridgehead atoms. The first-order valence-corrected chi connectivity index (χ1v) is 5.80. The normalized spacial score (nSPS) is 13.1. The van der Waals surface area contributed by atoms with Gasteiger partial charge in [-0.3, -0.25) is 0 Å². The first-order valence-electron chi connectivity index (χ1n) is 5.80. The second kappa shape index (κ2) is 6.61. The molecule has 0 saturated carbocycles. The second-order valence-electron chi connectivity index (χ2n) is 4.32. The van der Waals surface area contributed by atoms with Gasteiger partial charge in [-0.15, -0.1) is 0 Å². The fourth-order valence-electron chi connectivity index (χ4n) is 1.62. The van der Waals surface area contributed by atoms with Crippen LogP contribution in [-0.2, 0) is 6.54 Å². The molecule has 2 nitrogen and oxygen atoms in total. The van der Waals surface area contributed by atoms with Crippen molar-refractivity contribution in [2.45, 2.75) is 32.4 Å². The predicted molar refractivity (Wildman–Crippen MR) is 65.6 cm³/mol. The molecule has 1 atom stereocenters. The van der Waals surface area contributed by atoms with Crippen molar-refractivity contribution in [1.29, 1.82) is 0 Å². The lowest BCUT2D eigenvalue weighted by Crippen LogP contribution is -2.27. The Bertz CT molecular complexity index is 315. The topological polar surface area (TPSA) is 29.3 Å². The molecule has 0 amide bonds. The minimum atomic E-state index is -0.170. The molecule has 0 radical (unpaired) electrons. The van der Waals surface area contributed by atoms with Crippen molar-refractivity contribution >= 4 is 0 Å². The quantitative estimate of drug-likeness (QED) is 0.804. The van der Waals surface area contributed by atoms with E-state index < -0.39 is 0 Å². The third-order valence-electron chi connectivity index (χ3n) is 2.75. The minimum absolute atomic E-state index is 0.170. The molecule has 0 heterocycles. The maximum absolute atomic E-state index is 12.9. The van der Waals surface area contributed by atoms with E-state index in [-0.39, 0.29) is 11.9 Å². The Morgan fingerprint density at radius 1 is 1.44 bits per heavy atom. The molecule has 2 N–H and O–H groups in total. The van der Waals surface area contributed by atoms with Crippen molar-refractivity contribution in [3.8, 4) is 0 Å². The van der Waals surface area contributed by atoms with Crippen molar-refractivity contribution in [3.05, 3.63) is 35.6 Å². The summed E-state index contributed by atoms with van der Waals surface area (Å²) in [5.74, 6) is -0.170. The van der Waals surface area contributed by atoms with Gasteiger partial charge in [-0.2, -0.15) is 0 Å². The maximum Gasteiger partial charge on any atom is 0.123 e. The smallest absolute Gasteiger partial charge is 0.123 e. The van der Waals surface area contributed by atoms with Crippen LogP contribution in [0.15, 0.2) is 24.3 Å². The van der Waals surface area contributed by atoms with Gasteiger partial charge in [0, 0.05) is 12.6 Å². The van der Waals surface area contributed by atoms with Crippen LogP contribution in [0.3, 0.4) is 0 Å². The van der Waals surface area contributed by atoms with Crippen LogP contribution in [0.5, 0.6) is 0 Å². The number of rotatable bonds is 6. The molecule has 1 rings (SSSR count). The molecule has 16 heavy (non-hydrogen) atoms. The van der Waals surface area contributed by atoms with Crippen molar-refractivity contribution in [2.24, 2.45) is 5.73 Å². The molecule has 0 spiro atoms. The lowest BCUT2D eigenvalue weighted by atomic mass is 10.1. The van der Waals surface area contributed by atoms with Gasteiger partial charge in [-0.1, -0.05) is 19.1 Å². The highest BCUT2D eigenvalue weighted by Gasteiger charge is 2.04. The van der Waals surface area contributed by atoms with Crippen LogP contribution in [0.4, 0.5) is 4.39 Å². The molecular weight excluding hydrogens is 203 g/mol. The summed E-state index contributed by atoms with van der Waals surface area (Å²) in [4.78, 5) is 2.17. The van der Waals surface area contributed by atoms with E-state index in [4.69, 9.17) is 5.73 Å². The summed E-state index contributed by atoms with van der Waals surface area (Å²) in [6.07, 6.45) is 2.00. The zero-order valence-electron chi connectivity index (χ0n) is 10.1. The first-order chi connectivity index (χ1) is 7.61. The Morgan fingerprint density at radius 2 is 2.19 bits per heavy atom. The summed E-state index contributed by atoms with van der Waals surface area (Å²) in [6, 6.07) is 7.01. The molecule has 1 unspecified atom stereocenters. The number of hydrogen-bond acceptors (Lipinski definition) is 2. The summed E-state index contributed by atoms with van der Waals surface area (Å²) >= 11 is 0. The van der Waals surface area contributed by atoms with Crippen molar-refractivity contribution in [2.75, 3.05) is 13.6 Å². The van der Waals surface area contributed by atoms with E-state index in [2.05, 4.69) is 11.8 Å². The highest BCUT2D eigenvalue weighted by molar-refractivity contribution is 5.15. The van der Waals surface area contributed by atoms with Crippen molar-refractivity contribution < 1.29 is 4.39 Å². The standard InChI is InChI=1S/C13H21FN2/c1-3-13(15)7-8-16(2)10-11-5-4-6-12(14)9-11/h4-6,9,13H,3,7-8,10,15H2,1-2H3. The highest BCUT2D eigenvalue weighted by Crippen LogP contribution is 2.07. The van der Waals surface area contributed by atoms with E-state index in [1.165, 1.54) is 6.07 Å². The lowest BCUT2D eigenvalue weighted by molar-refractivity contribution is 0.309. The number of hydrogen-bond donors (Lipinski definition) is 1. The summed E-state index contributed by atoms with van der Waals surface area (Å²) in [7, 11) is 2.04. The fraction of sp³-hybridized carbons (Fsp3) is 0.538. The molecule has 90 valence electrons. The van der Waals surface area contributed by atoms with Crippen LogP contribution in [0.25, 0.3) is 0 Å². The second-order valence-corrected chi connectivity index (χ2v) is 4.32. The third-order valence-corrected chi connectivity index (χ3v) is 2.75. The molecule has 0 aromatic heterocycles. The number of benzene rings is 1. The van der Waals surface area contributed by atoms with Gasteiger partial charge in [0.2, 0.25) is 0 Å². The van der Waals surface area contributed by atoms with Crippen LogP contribution in [0, 0.1) is 5.82 Å². The molecule has 0 aliphatic rings. The van der Waals surface area contributed by atoms with Crippen LogP contribution in [-0.4, -0.2) is 24.5 Å². The van der Waals surface area contributed by atoms with E-state index in [0.717, 1.165) is 31.5 Å². The van der Waals surface area contributed by atoms with Gasteiger partial charge in [0.05, 0.1) is 0 Å². The van der Waals surface area contributed by atoms with Gasteiger partial charge in [-0.05, 0) is 44.1 Å². The SMILES string of the molecule is CCC(N)CCN(C)Cc1cccc(F)c1. The Hall–Kier alpha value is -0.930. The largest absolute Gasteiger partial charge is 0.328 e. The highest BCUT2D eigenvalue weighted by atomic mass is 19.1. The zero-order valence-corrected chi connectivity index (χ0v) is 10.1. The average Bonchev–Trinajstić information content (AvgIpc) is 2.26. The zero-order chi connectivity index (χ0) is 12.0. The van der Waals surface area contributed by atoms with E-state index in [9.17, 15) is 4.39 Å². The molecule has 0 saturated heterocycles. The van der Waals surface area contributed by atoms with Gasteiger partial charge in [-0.25, -0.2) is 4.39 Å². The van der Waals surface area contributed by atoms with E-state index >= 15 is 0 Å². The molecule has 1 aromatic rings. The minimum Gasteiger partial charge on any atom is -0.328 e. The van der Waals surface area contributed by atoms with Crippen molar-refractivity contribution in [1.82, 2.24) is 4.90 Å². The van der Waals surface area contributed by atoms with Crippen LogP contribution in [0.1, 0.15) is 25.3 Å². The molecule has 0 fully saturated rings. The van der Waals surface area contributed by atoms with E-state index in [1.54, 1.807) is 12.1 Å². The maximum atomic E-state index is 12.9. The summed E-state index contributed by atoms with van der Waals surface area (Å²) < 4.78 is 12.9. The Labute approximate surface area is 97.3 Å². The third kappa shape index (κ3) is 4.73. The van der Waals surface area contributed by atoms with E-state index in [0.29, 0.717) is 0 Å².